The van der Waals surface area contributed by atoms with Crippen LogP contribution >= 0.6 is 0 Å². The summed E-state index contributed by atoms with van der Waals surface area (Å²) in [5.41, 5.74) is 0. The van der Waals surface area contributed by atoms with Crippen LogP contribution in [0.2, 0.25) is 0 Å². The Morgan fingerprint density at radius 3 is 3.00 bits per heavy atom. The van der Waals surface area contributed by atoms with Gasteiger partial charge in [-0.15, -0.1) is 0 Å². The van der Waals surface area contributed by atoms with E-state index in [-0.39, 0.29) is 11.9 Å². The molecule has 2 saturated heterocycles. The van der Waals surface area contributed by atoms with E-state index in [1.807, 2.05) is 0 Å². The Kier molecular flexibility index (Phi) is 2.74. The Morgan fingerprint density at radius 1 is 1.50 bits per heavy atom. The van der Waals surface area contributed by atoms with E-state index in [1.54, 1.807) is 0 Å². The van der Waals surface area contributed by atoms with Crippen LogP contribution in [0.3, 0.4) is 0 Å². The highest BCUT2D eigenvalue weighted by Gasteiger charge is 2.36. The fraction of sp³-hybridized carbons (Fsp3) is 0.900. The smallest absolute Gasteiger partial charge is 0.238 e. The van der Waals surface area contributed by atoms with Crippen LogP contribution < -0.4 is 10.6 Å². The van der Waals surface area contributed by atoms with Crippen LogP contribution in [0.1, 0.15) is 13.8 Å². The molecule has 2 heterocycles. The molecule has 2 unspecified atom stereocenters. The summed E-state index contributed by atoms with van der Waals surface area (Å²) in [5, 5.41) is 6.35. The van der Waals surface area contributed by atoms with E-state index >= 15 is 0 Å². The fourth-order valence-corrected chi connectivity index (χ4v) is 2.18. The van der Waals surface area contributed by atoms with Crippen molar-refractivity contribution in [3.8, 4) is 0 Å². The molecule has 0 spiro atoms. The van der Waals surface area contributed by atoms with Gasteiger partial charge in [-0.3, -0.25) is 9.69 Å². The molecule has 0 aromatic rings. The Morgan fingerprint density at radius 2 is 2.29 bits per heavy atom. The molecular weight excluding hydrogens is 178 g/mol. The van der Waals surface area contributed by atoms with Crippen LogP contribution in [0.5, 0.6) is 0 Å². The molecule has 14 heavy (non-hydrogen) atoms. The maximum Gasteiger partial charge on any atom is 0.238 e. The molecule has 0 radical (unpaired) electrons. The number of rotatable bonds is 1. The van der Waals surface area contributed by atoms with E-state index in [0.717, 1.165) is 26.2 Å². The molecule has 2 rings (SSSR count). The third kappa shape index (κ3) is 1.77. The summed E-state index contributed by atoms with van der Waals surface area (Å²) >= 11 is 0. The van der Waals surface area contributed by atoms with E-state index in [1.165, 1.54) is 0 Å². The minimum absolute atomic E-state index is 0.0683. The Balaban J connectivity index is 2.04. The van der Waals surface area contributed by atoms with Crippen molar-refractivity contribution in [1.29, 1.82) is 0 Å². The minimum Gasteiger partial charge on any atom is -0.350 e. The molecule has 2 fully saturated rings. The second-order valence-corrected chi connectivity index (χ2v) is 4.57. The van der Waals surface area contributed by atoms with Gasteiger partial charge in [-0.25, -0.2) is 0 Å². The topological polar surface area (TPSA) is 44.4 Å². The first-order valence-corrected chi connectivity index (χ1v) is 5.43. The van der Waals surface area contributed by atoms with E-state index < -0.39 is 0 Å². The summed E-state index contributed by atoms with van der Waals surface area (Å²) in [4.78, 5) is 14.1. The first-order chi connectivity index (χ1) is 6.68. The van der Waals surface area contributed by atoms with Gasteiger partial charge in [-0.05, 0) is 5.92 Å². The number of carbonyl (C=O) groups excluding carboxylic acids is 1. The van der Waals surface area contributed by atoms with E-state index in [0.29, 0.717) is 12.0 Å². The number of amides is 1. The molecule has 0 aliphatic carbocycles. The molecule has 2 aliphatic heterocycles. The van der Waals surface area contributed by atoms with Gasteiger partial charge < -0.3 is 10.6 Å². The van der Waals surface area contributed by atoms with Crippen LogP contribution in [0.4, 0.5) is 0 Å². The van der Waals surface area contributed by atoms with Gasteiger partial charge >= 0.3 is 0 Å². The molecule has 0 aromatic carbocycles. The number of hydrogen-bond donors (Lipinski definition) is 2. The Hall–Kier alpha value is -0.610. The van der Waals surface area contributed by atoms with Gasteiger partial charge in [-0.2, -0.15) is 0 Å². The summed E-state index contributed by atoms with van der Waals surface area (Å²) in [5.74, 6) is 0.719. The third-order valence-electron chi connectivity index (χ3n) is 3.22. The van der Waals surface area contributed by atoms with Crippen molar-refractivity contribution in [2.45, 2.75) is 25.9 Å². The maximum atomic E-state index is 11.8. The molecule has 0 aromatic heterocycles. The van der Waals surface area contributed by atoms with Crippen molar-refractivity contribution in [3.05, 3.63) is 0 Å². The standard InChI is InChI=1S/C10H19N3O/c1-7(2)8-6-13-4-3-11-5-9(13)10(14)12-8/h7-9,11H,3-6H2,1-2H3,(H,12,14). The zero-order valence-corrected chi connectivity index (χ0v) is 8.92. The first kappa shape index (κ1) is 9.93. The van der Waals surface area contributed by atoms with Gasteiger partial charge in [0.05, 0.1) is 0 Å². The monoisotopic (exact) mass is 197 g/mol. The van der Waals surface area contributed by atoms with Gasteiger partial charge in [0.25, 0.3) is 0 Å². The van der Waals surface area contributed by atoms with Gasteiger partial charge in [0.1, 0.15) is 6.04 Å². The molecule has 0 bridgehead atoms. The maximum absolute atomic E-state index is 11.8. The van der Waals surface area contributed by atoms with Crippen molar-refractivity contribution in [2.75, 3.05) is 26.2 Å². The first-order valence-electron chi connectivity index (χ1n) is 5.43. The number of hydrogen-bond acceptors (Lipinski definition) is 3. The largest absolute Gasteiger partial charge is 0.350 e. The number of nitrogens with one attached hydrogen (secondary N) is 2. The van der Waals surface area contributed by atoms with Crippen molar-refractivity contribution >= 4 is 5.91 Å². The van der Waals surface area contributed by atoms with E-state index in [2.05, 4.69) is 29.4 Å². The second kappa shape index (κ2) is 3.87. The SMILES string of the molecule is CC(C)C1CN2CCNCC2C(=O)N1. The van der Waals surface area contributed by atoms with Gasteiger partial charge in [0, 0.05) is 32.2 Å². The van der Waals surface area contributed by atoms with E-state index in [9.17, 15) is 4.79 Å². The molecule has 80 valence electrons. The van der Waals surface area contributed by atoms with Crippen LogP contribution in [0.25, 0.3) is 0 Å². The Labute approximate surface area is 85.0 Å². The summed E-state index contributed by atoms with van der Waals surface area (Å²) < 4.78 is 0. The van der Waals surface area contributed by atoms with Gasteiger partial charge in [-0.1, -0.05) is 13.8 Å². The predicted octanol–water partition coefficient (Wildman–Crippen LogP) is -0.585. The zero-order valence-electron chi connectivity index (χ0n) is 8.92. The quantitative estimate of drug-likeness (QED) is 0.591. The predicted molar refractivity (Wildman–Crippen MR) is 55.0 cm³/mol. The molecule has 2 atom stereocenters. The summed E-state index contributed by atoms with van der Waals surface area (Å²) in [6, 6.07) is 0.399. The number of fused-ring (bicyclic) bond motifs is 1. The van der Waals surface area contributed by atoms with Crippen molar-refractivity contribution in [3.63, 3.8) is 0 Å². The molecule has 1 amide bonds. The van der Waals surface area contributed by atoms with Crippen molar-refractivity contribution in [1.82, 2.24) is 15.5 Å². The normalized spacial score (nSPS) is 34.1. The lowest BCUT2D eigenvalue weighted by molar-refractivity contribution is -0.132. The molecule has 4 heteroatoms. The van der Waals surface area contributed by atoms with Gasteiger partial charge in [0.2, 0.25) is 5.91 Å². The number of piperazine rings is 2. The minimum atomic E-state index is 0.0683. The molecular formula is C10H19N3O. The lowest BCUT2D eigenvalue weighted by atomic mass is 9.98. The summed E-state index contributed by atoms with van der Waals surface area (Å²) in [6.45, 7) is 8.14. The van der Waals surface area contributed by atoms with Gasteiger partial charge in [0.15, 0.2) is 0 Å². The molecule has 2 N–H and O–H groups in total. The van der Waals surface area contributed by atoms with E-state index in [4.69, 9.17) is 0 Å². The molecule has 2 aliphatic rings. The summed E-state index contributed by atoms with van der Waals surface area (Å²) in [7, 11) is 0. The average Bonchev–Trinajstić information content (AvgIpc) is 2.17. The highest BCUT2D eigenvalue weighted by Crippen LogP contribution is 2.14. The fourth-order valence-electron chi connectivity index (χ4n) is 2.18. The highest BCUT2D eigenvalue weighted by molar-refractivity contribution is 5.83. The Bertz CT molecular complexity index is 229. The van der Waals surface area contributed by atoms with Crippen LogP contribution in [0.15, 0.2) is 0 Å². The highest BCUT2D eigenvalue weighted by atomic mass is 16.2. The van der Waals surface area contributed by atoms with Crippen LogP contribution in [-0.4, -0.2) is 49.1 Å². The zero-order chi connectivity index (χ0) is 10.1. The van der Waals surface area contributed by atoms with Crippen LogP contribution in [-0.2, 0) is 4.79 Å². The number of carbonyl (C=O) groups is 1. The second-order valence-electron chi connectivity index (χ2n) is 4.57. The van der Waals surface area contributed by atoms with Crippen LogP contribution in [0, 0.1) is 5.92 Å². The molecule has 0 saturated carbocycles. The van der Waals surface area contributed by atoms with Crippen molar-refractivity contribution < 1.29 is 4.79 Å². The molecule has 4 nitrogen and oxygen atoms in total. The lowest BCUT2D eigenvalue weighted by Gasteiger charge is -2.43. The summed E-state index contributed by atoms with van der Waals surface area (Å²) in [6.07, 6.45) is 0. The van der Waals surface area contributed by atoms with Crippen molar-refractivity contribution in [2.24, 2.45) is 5.92 Å². The number of nitrogens with zero attached hydrogens (tertiary/aromatic N) is 1. The average molecular weight is 197 g/mol. The lowest BCUT2D eigenvalue weighted by Crippen LogP contribution is -2.67. The third-order valence-corrected chi connectivity index (χ3v) is 3.22.